The van der Waals surface area contributed by atoms with Gasteiger partial charge in [-0.25, -0.2) is 0 Å². The zero-order valence-electron chi connectivity index (χ0n) is 10.2. The third kappa shape index (κ3) is 2.88. The normalized spacial score (nSPS) is 19.4. The minimum absolute atomic E-state index is 0.130. The van der Waals surface area contributed by atoms with E-state index in [4.69, 9.17) is 0 Å². The fraction of sp³-hybridized carbons (Fsp3) is 0.500. The minimum Gasteiger partial charge on any atom is -0.315 e. The van der Waals surface area contributed by atoms with Crippen molar-refractivity contribution < 1.29 is 4.92 Å². The Bertz CT molecular complexity index is 447. The maximum Gasteiger partial charge on any atom is 0.283 e. The van der Waals surface area contributed by atoms with E-state index in [2.05, 4.69) is 33.2 Å². The number of likely N-dealkylation sites (N-methyl/N-ethyl adjacent to an activating group) is 1. The summed E-state index contributed by atoms with van der Waals surface area (Å²) in [6.07, 6.45) is 1.13. The molecule has 0 aromatic heterocycles. The highest BCUT2D eigenvalue weighted by molar-refractivity contribution is 9.10. The van der Waals surface area contributed by atoms with Gasteiger partial charge in [0.25, 0.3) is 5.69 Å². The molecule has 6 heteroatoms. The van der Waals surface area contributed by atoms with E-state index in [1.54, 1.807) is 6.07 Å². The molecule has 18 heavy (non-hydrogen) atoms. The average Bonchev–Trinajstić information content (AvgIpc) is 2.85. The van der Waals surface area contributed by atoms with E-state index in [-0.39, 0.29) is 10.6 Å². The summed E-state index contributed by atoms with van der Waals surface area (Å²) in [5.74, 6) is 0. The van der Waals surface area contributed by atoms with Crippen LogP contribution in [0.2, 0.25) is 0 Å². The summed E-state index contributed by atoms with van der Waals surface area (Å²) in [7, 11) is 2.06. The summed E-state index contributed by atoms with van der Waals surface area (Å²) in [6.45, 7) is 2.75. The molecule has 0 bridgehead atoms. The smallest absolute Gasteiger partial charge is 0.283 e. The Morgan fingerprint density at radius 1 is 1.61 bits per heavy atom. The molecule has 0 spiro atoms. The quantitative estimate of drug-likeness (QED) is 0.683. The van der Waals surface area contributed by atoms with Crippen LogP contribution in [0.15, 0.2) is 22.7 Å². The fourth-order valence-corrected chi connectivity index (χ4v) is 2.78. The van der Waals surface area contributed by atoms with Crippen LogP contribution in [0.1, 0.15) is 12.0 Å². The predicted molar refractivity (Wildman–Crippen MR) is 73.5 cm³/mol. The van der Waals surface area contributed by atoms with Gasteiger partial charge in [0.15, 0.2) is 0 Å². The summed E-state index contributed by atoms with van der Waals surface area (Å²) in [4.78, 5) is 12.8. The van der Waals surface area contributed by atoms with Crippen LogP contribution in [0.4, 0.5) is 5.69 Å². The molecule has 5 nitrogen and oxygen atoms in total. The van der Waals surface area contributed by atoms with Crippen LogP contribution in [0.5, 0.6) is 0 Å². The Morgan fingerprint density at radius 3 is 3.00 bits per heavy atom. The monoisotopic (exact) mass is 313 g/mol. The first kappa shape index (κ1) is 13.5. The maximum atomic E-state index is 10.9. The molecular weight excluding hydrogens is 298 g/mol. The lowest BCUT2D eigenvalue weighted by Crippen LogP contribution is -2.32. The standard InChI is InChI=1S/C12H16BrN3O2/c1-15(10-5-6-14-7-10)8-9-3-2-4-11(12(9)13)16(17)18/h2-4,10,14H,5-8H2,1H3. The molecule has 0 saturated carbocycles. The number of hydrogen-bond acceptors (Lipinski definition) is 4. The Hall–Kier alpha value is -0.980. The highest BCUT2D eigenvalue weighted by Crippen LogP contribution is 2.29. The topological polar surface area (TPSA) is 58.4 Å². The first-order valence-corrected chi connectivity index (χ1v) is 6.71. The SMILES string of the molecule is CN(Cc1cccc([N+](=O)[O-])c1Br)C1CCNC1. The van der Waals surface area contributed by atoms with Crippen molar-refractivity contribution in [3.63, 3.8) is 0 Å². The summed E-state index contributed by atoms with van der Waals surface area (Å²) in [5.41, 5.74) is 1.09. The van der Waals surface area contributed by atoms with Crippen LogP contribution in [-0.2, 0) is 6.54 Å². The van der Waals surface area contributed by atoms with Crippen LogP contribution >= 0.6 is 15.9 Å². The van der Waals surface area contributed by atoms with Crippen molar-refractivity contribution in [3.8, 4) is 0 Å². The number of halogens is 1. The Morgan fingerprint density at radius 2 is 2.39 bits per heavy atom. The molecule has 0 amide bonds. The van der Waals surface area contributed by atoms with Gasteiger partial charge in [0.2, 0.25) is 0 Å². The molecule has 1 aliphatic rings. The van der Waals surface area contributed by atoms with Crippen molar-refractivity contribution in [2.45, 2.75) is 19.0 Å². The number of nitrogens with one attached hydrogen (secondary N) is 1. The van der Waals surface area contributed by atoms with Gasteiger partial charge in [-0.3, -0.25) is 15.0 Å². The van der Waals surface area contributed by atoms with Gasteiger partial charge in [0, 0.05) is 25.2 Å². The van der Waals surface area contributed by atoms with E-state index in [0.717, 1.165) is 25.1 Å². The van der Waals surface area contributed by atoms with E-state index in [1.165, 1.54) is 6.07 Å². The van der Waals surface area contributed by atoms with Crippen molar-refractivity contribution in [2.75, 3.05) is 20.1 Å². The minimum atomic E-state index is -0.356. The molecule has 1 aromatic rings. The Balaban J connectivity index is 2.13. The predicted octanol–water partition coefficient (Wildman–Crippen LogP) is 2.15. The zero-order valence-corrected chi connectivity index (χ0v) is 11.8. The van der Waals surface area contributed by atoms with Crippen molar-refractivity contribution in [2.24, 2.45) is 0 Å². The lowest BCUT2D eigenvalue weighted by Gasteiger charge is -2.23. The lowest BCUT2D eigenvalue weighted by atomic mass is 10.1. The number of rotatable bonds is 4. The largest absolute Gasteiger partial charge is 0.315 e. The number of nitro benzene ring substituents is 1. The number of benzene rings is 1. The van der Waals surface area contributed by atoms with E-state index in [1.807, 2.05) is 6.07 Å². The molecule has 1 aromatic carbocycles. The Kier molecular flexibility index (Phi) is 4.31. The van der Waals surface area contributed by atoms with Crippen molar-refractivity contribution >= 4 is 21.6 Å². The van der Waals surface area contributed by atoms with Crippen LogP contribution in [0.3, 0.4) is 0 Å². The molecule has 1 N–H and O–H groups in total. The molecule has 0 aliphatic carbocycles. The molecule has 1 unspecified atom stereocenters. The van der Waals surface area contributed by atoms with Gasteiger partial charge < -0.3 is 5.32 Å². The summed E-state index contributed by atoms with van der Waals surface area (Å²) in [6, 6.07) is 5.69. The molecule has 2 rings (SSSR count). The molecule has 1 atom stereocenters. The molecular formula is C12H16BrN3O2. The van der Waals surface area contributed by atoms with Gasteiger partial charge in [-0.05, 0) is 41.5 Å². The third-order valence-corrected chi connectivity index (χ3v) is 4.25. The second kappa shape index (κ2) is 5.77. The van der Waals surface area contributed by atoms with E-state index >= 15 is 0 Å². The van der Waals surface area contributed by atoms with E-state index in [9.17, 15) is 10.1 Å². The summed E-state index contributed by atoms with van der Waals surface area (Å²) in [5, 5.41) is 14.2. The summed E-state index contributed by atoms with van der Waals surface area (Å²) >= 11 is 3.33. The Labute approximate surface area is 114 Å². The van der Waals surface area contributed by atoms with E-state index in [0.29, 0.717) is 17.1 Å². The molecule has 98 valence electrons. The maximum absolute atomic E-state index is 10.9. The second-order valence-electron chi connectivity index (χ2n) is 4.57. The van der Waals surface area contributed by atoms with Crippen molar-refractivity contribution in [1.82, 2.24) is 10.2 Å². The third-order valence-electron chi connectivity index (χ3n) is 3.33. The van der Waals surface area contributed by atoms with Crippen molar-refractivity contribution in [1.29, 1.82) is 0 Å². The molecule has 0 radical (unpaired) electrons. The highest BCUT2D eigenvalue weighted by atomic mass is 79.9. The molecule has 1 heterocycles. The lowest BCUT2D eigenvalue weighted by molar-refractivity contribution is -0.385. The number of nitrogens with zero attached hydrogens (tertiary/aromatic N) is 2. The van der Waals surface area contributed by atoms with Gasteiger partial charge in [0.1, 0.15) is 0 Å². The zero-order chi connectivity index (χ0) is 13.1. The van der Waals surface area contributed by atoms with Crippen LogP contribution < -0.4 is 5.32 Å². The van der Waals surface area contributed by atoms with Gasteiger partial charge >= 0.3 is 0 Å². The molecule has 1 aliphatic heterocycles. The van der Waals surface area contributed by atoms with Crippen molar-refractivity contribution in [3.05, 3.63) is 38.3 Å². The molecule has 1 saturated heterocycles. The average molecular weight is 314 g/mol. The number of hydrogen-bond donors (Lipinski definition) is 1. The highest BCUT2D eigenvalue weighted by Gasteiger charge is 2.21. The second-order valence-corrected chi connectivity index (χ2v) is 5.36. The first-order valence-electron chi connectivity index (χ1n) is 5.92. The van der Waals surface area contributed by atoms with E-state index < -0.39 is 0 Å². The van der Waals surface area contributed by atoms with Gasteiger partial charge in [-0.15, -0.1) is 0 Å². The van der Waals surface area contributed by atoms with Crippen LogP contribution in [0, 0.1) is 10.1 Å². The fourth-order valence-electron chi connectivity index (χ4n) is 2.24. The van der Waals surface area contributed by atoms with Crippen LogP contribution in [0.25, 0.3) is 0 Å². The van der Waals surface area contributed by atoms with Gasteiger partial charge in [-0.2, -0.15) is 0 Å². The number of nitro groups is 1. The van der Waals surface area contributed by atoms with Gasteiger partial charge in [-0.1, -0.05) is 12.1 Å². The van der Waals surface area contributed by atoms with Gasteiger partial charge in [0.05, 0.1) is 9.40 Å². The van der Waals surface area contributed by atoms with Crippen LogP contribution in [-0.4, -0.2) is 36.0 Å². The molecule has 1 fully saturated rings. The summed E-state index contributed by atoms with van der Waals surface area (Å²) < 4.78 is 0.591. The first-order chi connectivity index (χ1) is 8.59.